The average molecular weight is 481 g/mol. The van der Waals surface area contributed by atoms with Crippen LogP contribution in [0.4, 0.5) is 14.5 Å². The molecule has 0 saturated carbocycles. The lowest BCUT2D eigenvalue weighted by Gasteiger charge is -2.37. The fourth-order valence-electron chi connectivity index (χ4n) is 4.51. The standard InChI is InChI=1S/C23H27ClF2N4O3/c1-3-33-22(32)21-16-13-23(25,26)8-7-19(16)30(27-21)14-20(31)29-11-9-28(10-12-29)18-6-4-5-17(24)15(18)2/h4-6H,3,7-14H2,1-2H3. The lowest BCUT2D eigenvalue weighted by atomic mass is 9.92. The number of hydrogen-bond acceptors (Lipinski definition) is 5. The molecule has 1 saturated heterocycles. The first-order chi connectivity index (χ1) is 15.7. The molecule has 178 valence electrons. The van der Waals surface area contributed by atoms with E-state index in [1.165, 1.54) is 4.68 Å². The molecule has 2 aromatic rings. The van der Waals surface area contributed by atoms with E-state index in [1.807, 2.05) is 25.1 Å². The Bertz CT molecular complexity index is 1060. The third-order valence-electron chi connectivity index (χ3n) is 6.30. The van der Waals surface area contributed by atoms with E-state index < -0.39 is 18.3 Å². The summed E-state index contributed by atoms with van der Waals surface area (Å²) in [5.74, 6) is -3.79. The Hall–Kier alpha value is -2.68. The third kappa shape index (κ3) is 4.83. The summed E-state index contributed by atoms with van der Waals surface area (Å²) in [6.45, 7) is 6.00. The van der Waals surface area contributed by atoms with Crippen LogP contribution in [0, 0.1) is 6.92 Å². The Morgan fingerprint density at radius 2 is 1.94 bits per heavy atom. The number of amides is 1. The molecule has 1 aromatic heterocycles. The summed E-state index contributed by atoms with van der Waals surface area (Å²) in [7, 11) is 0. The molecule has 1 fully saturated rings. The van der Waals surface area contributed by atoms with Gasteiger partial charge in [0.15, 0.2) is 5.69 Å². The molecule has 1 aromatic carbocycles. The highest BCUT2D eigenvalue weighted by Crippen LogP contribution is 2.35. The molecular weight excluding hydrogens is 454 g/mol. The van der Waals surface area contributed by atoms with Gasteiger partial charge in [-0.1, -0.05) is 17.7 Å². The van der Waals surface area contributed by atoms with Gasteiger partial charge in [-0.25, -0.2) is 13.6 Å². The van der Waals surface area contributed by atoms with Crippen LogP contribution in [0.3, 0.4) is 0 Å². The number of ether oxygens (including phenoxy) is 1. The van der Waals surface area contributed by atoms with Gasteiger partial charge in [0.05, 0.1) is 6.61 Å². The van der Waals surface area contributed by atoms with Crippen LogP contribution in [0.2, 0.25) is 5.02 Å². The first kappa shape index (κ1) is 23.5. The molecule has 7 nitrogen and oxygen atoms in total. The largest absolute Gasteiger partial charge is 0.461 e. The maximum atomic E-state index is 14.0. The van der Waals surface area contributed by atoms with E-state index in [-0.39, 0.29) is 43.2 Å². The lowest BCUT2D eigenvalue weighted by molar-refractivity contribution is -0.132. The summed E-state index contributed by atoms with van der Waals surface area (Å²) in [5.41, 5.74) is 2.66. The van der Waals surface area contributed by atoms with Gasteiger partial charge in [0.2, 0.25) is 5.91 Å². The molecule has 33 heavy (non-hydrogen) atoms. The Morgan fingerprint density at radius 1 is 1.21 bits per heavy atom. The maximum Gasteiger partial charge on any atom is 0.359 e. The molecule has 2 heterocycles. The number of carbonyl (C=O) groups is 2. The van der Waals surface area contributed by atoms with Crippen molar-refractivity contribution in [2.75, 3.05) is 37.7 Å². The summed E-state index contributed by atoms with van der Waals surface area (Å²) in [4.78, 5) is 29.2. The molecule has 1 amide bonds. The second kappa shape index (κ2) is 9.29. The van der Waals surface area contributed by atoms with Crippen molar-refractivity contribution in [1.82, 2.24) is 14.7 Å². The molecule has 2 aliphatic rings. The summed E-state index contributed by atoms with van der Waals surface area (Å²) >= 11 is 6.24. The highest BCUT2D eigenvalue weighted by Gasteiger charge is 2.40. The predicted molar refractivity (Wildman–Crippen MR) is 120 cm³/mol. The SMILES string of the molecule is CCOC(=O)c1nn(CC(=O)N2CCN(c3cccc(Cl)c3C)CC2)c2c1CC(F)(F)CC2. The van der Waals surface area contributed by atoms with Gasteiger partial charge < -0.3 is 14.5 Å². The molecular formula is C23H27ClF2N4O3. The van der Waals surface area contributed by atoms with Crippen molar-refractivity contribution in [2.45, 2.75) is 45.6 Å². The summed E-state index contributed by atoms with van der Waals surface area (Å²) < 4.78 is 34.5. The second-order valence-electron chi connectivity index (χ2n) is 8.44. The van der Waals surface area contributed by atoms with Crippen molar-refractivity contribution in [3.63, 3.8) is 0 Å². The Kier molecular flexibility index (Phi) is 6.61. The van der Waals surface area contributed by atoms with E-state index in [9.17, 15) is 18.4 Å². The fraction of sp³-hybridized carbons (Fsp3) is 0.522. The zero-order valence-electron chi connectivity index (χ0n) is 18.7. The van der Waals surface area contributed by atoms with Gasteiger partial charge in [-0.05, 0) is 38.0 Å². The molecule has 0 bridgehead atoms. The number of aromatic nitrogens is 2. The second-order valence-corrected chi connectivity index (χ2v) is 8.84. The number of hydrogen-bond donors (Lipinski definition) is 0. The zero-order valence-corrected chi connectivity index (χ0v) is 19.5. The number of benzene rings is 1. The van der Waals surface area contributed by atoms with E-state index in [4.69, 9.17) is 16.3 Å². The van der Waals surface area contributed by atoms with Crippen LogP contribution in [0.1, 0.15) is 40.7 Å². The van der Waals surface area contributed by atoms with Crippen LogP contribution in [-0.2, 0) is 28.9 Å². The van der Waals surface area contributed by atoms with Crippen LogP contribution in [0.25, 0.3) is 0 Å². The lowest BCUT2D eigenvalue weighted by Crippen LogP contribution is -2.50. The number of fused-ring (bicyclic) bond motifs is 1. The van der Waals surface area contributed by atoms with Crippen molar-refractivity contribution in [2.24, 2.45) is 0 Å². The van der Waals surface area contributed by atoms with Gasteiger partial charge in [-0.3, -0.25) is 9.48 Å². The van der Waals surface area contributed by atoms with E-state index in [2.05, 4.69) is 10.00 Å². The third-order valence-corrected chi connectivity index (χ3v) is 6.70. The number of esters is 1. The smallest absolute Gasteiger partial charge is 0.359 e. The van der Waals surface area contributed by atoms with Crippen molar-refractivity contribution < 1.29 is 23.1 Å². The predicted octanol–water partition coefficient (Wildman–Crippen LogP) is 3.49. The fourth-order valence-corrected chi connectivity index (χ4v) is 4.68. The minimum absolute atomic E-state index is 0.0594. The number of rotatable bonds is 5. The number of nitrogens with zero attached hydrogens (tertiary/aromatic N) is 4. The van der Waals surface area contributed by atoms with Crippen molar-refractivity contribution in [1.29, 1.82) is 0 Å². The highest BCUT2D eigenvalue weighted by molar-refractivity contribution is 6.31. The van der Waals surface area contributed by atoms with Crippen LogP contribution in [-0.4, -0.2) is 65.3 Å². The molecule has 0 spiro atoms. The number of piperazine rings is 1. The van der Waals surface area contributed by atoms with Gasteiger partial charge in [-0.2, -0.15) is 5.10 Å². The van der Waals surface area contributed by atoms with E-state index in [1.54, 1.807) is 11.8 Å². The Morgan fingerprint density at radius 3 is 2.64 bits per heavy atom. The highest BCUT2D eigenvalue weighted by atomic mass is 35.5. The minimum Gasteiger partial charge on any atom is -0.461 e. The van der Waals surface area contributed by atoms with E-state index in [0.717, 1.165) is 11.3 Å². The van der Waals surface area contributed by atoms with Gasteiger partial charge >= 0.3 is 5.97 Å². The van der Waals surface area contributed by atoms with Crippen molar-refractivity contribution >= 4 is 29.2 Å². The minimum atomic E-state index is -2.90. The summed E-state index contributed by atoms with van der Waals surface area (Å²) in [6.07, 6.45) is -0.841. The number of halogens is 3. The number of carbonyl (C=O) groups excluding carboxylic acids is 2. The van der Waals surface area contributed by atoms with Gasteiger partial charge in [0.25, 0.3) is 5.92 Å². The summed E-state index contributed by atoms with van der Waals surface area (Å²) in [6, 6.07) is 5.78. The molecule has 0 unspecified atom stereocenters. The number of anilines is 1. The monoisotopic (exact) mass is 480 g/mol. The number of alkyl halides is 2. The first-order valence-corrected chi connectivity index (χ1v) is 11.5. The molecule has 0 radical (unpaired) electrons. The zero-order chi connectivity index (χ0) is 23.8. The molecule has 1 aliphatic heterocycles. The van der Waals surface area contributed by atoms with Crippen LogP contribution >= 0.6 is 11.6 Å². The van der Waals surface area contributed by atoms with Gasteiger partial charge in [-0.15, -0.1) is 0 Å². The molecule has 4 rings (SSSR count). The Balaban J connectivity index is 1.47. The summed E-state index contributed by atoms with van der Waals surface area (Å²) in [5, 5.41) is 4.94. The Labute approximate surface area is 196 Å². The van der Waals surface area contributed by atoms with Gasteiger partial charge in [0, 0.05) is 61.0 Å². The van der Waals surface area contributed by atoms with Crippen molar-refractivity contribution in [3.8, 4) is 0 Å². The van der Waals surface area contributed by atoms with Crippen LogP contribution < -0.4 is 4.90 Å². The quantitative estimate of drug-likeness (QED) is 0.613. The average Bonchev–Trinajstić information content (AvgIpc) is 3.12. The maximum absolute atomic E-state index is 14.0. The normalized spacial score (nSPS) is 17.6. The van der Waals surface area contributed by atoms with E-state index >= 15 is 0 Å². The van der Waals surface area contributed by atoms with Gasteiger partial charge in [0.1, 0.15) is 6.54 Å². The molecule has 10 heteroatoms. The van der Waals surface area contributed by atoms with Crippen LogP contribution in [0.5, 0.6) is 0 Å². The first-order valence-electron chi connectivity index (χ1n) is 11.1. The molecule has 0 N–H and O–H groups in total. The van der Waals surface area contributed by atoms with Crippen molar-refractivity contribution in [3.05, 3.63) is 45.7 Å². The topological polar surface area (TPSA) is 67.7 Å². The van der Waals surface area contributed by atoms with E-state index in [0.29, 0.717) is 36.9 Å². The van der Waals surface area contributed by atoms with Crippen LogP contribution in [0.15, 0.2) is 18.2 Å². The molecule has 1 aliphatic carbocycles. The molecule has 0 atom stereocenters.